The Bertz CT molecular complexity index is 595. The average Bonchev–Trinajstić information content (AvgIpc) is 2.53. The Balaban J connectivity index is 1.57. The van der Waals surface area contributed by atoms with E-state index in [2.05, 4.69) is 34.1 Å². The van der Waals surface area contributed by atoms with Crippen LogP contribution in [0.3, 0.4) is 0 Å². The van der Waals surface area contributed by atoms with E-state index in [0.717, 1.165) is 38.3 Å². The predicted molar refractivity (Wildman–Crippen MR) is 87.0 cm³/mol. The molecule has 0 spiro atoms. The van der Waals surface area contributed by atoms with Crippen molar-refractivity contribution in [3.63, 3.8) is 0 Å². The lowest BCUT2D eigenvalue weighted by molar-refractivity contribution is 0.250. The molecule has 110 valence electrons. The van der Waals surface area contributed by atoms with Crippen molar-refractivity contribution in [3.8, 4) is 5.75 Å². The molecule has 3 nitrogen and oxygen atoms in total. The van der Waals surface area contributed by atoms with Gasteiger partial charge in [-0.15, -0.1) is 0 Å². The third-order valence-corrected chi connectivity index (χ3v) is 4.21. The maximum atomic E-state index is 9.46. The molecule has 4 heteroatoms. The maximum Gasteiger partial charge on any atom is 0.134 e. The largest absolute Gasteiger partial charge is 0.506 e. The van der Waals surface area contributed by atoms with Gasteiger partial charge in [0.1, 0.15) is 5.75 Å². The molecule has 0 radical (unpaired) electrons. The standard InChI is InChI=1S/C17H19ClN2O/c18-16-12-14(6-7-17(16)21)13-19-8-10-20(11-9-19)15-4-2-1-3-5-15/h1-7,12,21H,8-11,13H2. The highest BCUT2D eigenvalue weighted by molar-refractivity contribution is 6.32. The number of hydrogen-bond acceptors (Lipinski definition) is 3. The Labute approximate surface area is 130 Å². The highest BCUT2D eigenvalue weighted by atomic mass is 35.5. The minimum atomic E-state index is 0.148. The second kappa shape index (κ2) is 6.37. The number of hydrogen-bond donors (Lipinski definition) is 1. The van der Waals surface area contributed by atoms with Crippen molar-refractivity contribution in [2.24, 2.45) is 0 Å². The zero-order valence-corrected chi connectivity index (χ0v) is 12.6. The predicted octanol–water partition coefficient (Wildman–Crippen LogP) is 3.37. The van der Waals surface area contributed by atoms with Crippen molar-refractivity contribution in [2.75, 3.05) is 31.1 Å². The summed E-state index contributed by atoms with van der Waals surface area (Å²) in [4.78, 5) is 4.84. The zero-order chi connectivity index (χ0) is 14.7. The zero-order valence-electron chi connectivity index (χ0n) is 11.9. The van der Waals surface area contributed by atoms with E-state index < -0.39 is 0 Å². The molecule has 0 saturated carbocycles. The molecule has 1 fully saturated rings. The summed E-state index contributed by atoms with van der Waals surface area (Å²) < 4.78 is 0. The Hall–Kier alpha value is -1.71. The van der Waals surface area contributed by atoms with Crippen LogP contribution < -0.4 is 4.90 Å². The van der Waals surface area contributed by atoms with E-state index in [1.807, 2.05) is 18.2 Å². The van der Waals surface area contributed by atoms with Crippen LogP contribution in [0.2, 0.25) is 5.02 Å². The molecule has 2 aromatic carbocycles. The first-order valence-corrected chi connectivity index (χ1v) is 7.60. The van der Waals surface area contributed by atoms with Crippen molar-refractivity contribution >= 4 is 17.3 Å². The van der Waals surface area contributed by atoms with Crippen molar-refractivity contribution in [2.45, 2.75) is 6.54 Å². The number of phenolic OH excluding ortho intramolecular Hbond substituents is 1. The SMILES string of the molecule is Oc1ccc(CN2CCN(c3ccccc3)CC2)cc1Cl. The van der Waals surface area contributed by atoms with Crippen LogP contribution in [0.4, 0.5) is 5.69 Å². The van der Waals surface area contributed by atoms with Gasteiger partial charge in [-0.1, -0.05) is 35.9 Å². The number of rotatable bonds is 3. The summed E-state index contributed by atoms with van der Waals surface area (Å²) in [6, 6.07) is 16.0. The fourth-order valence-corrected chi connectivity index (χ4v) is 2.91. The van der Waals surface area contributed by atoms with Crippen molar-refractivity contribution in [1.29, 1.82) is 0 Å². The molecule has 0 unspecified atom stereocenters. The number of halogens is 1. The molecule has 0 aromatic heterocycles. The fraction of sp³-hybridized carbons (Fsp3) is 0.294. The molecule has 3 rings (SSSR count). The van der Waals surface area contributed by atoms with Gasteiger partial charge >= 0.3 is 0 Å². The van der Waals surface area contributed by atoms with Gasteiger partial charge in [-0.05, 0) is 29.8 Å². The van der Waals surface area contributed by atoms with Gasteiger partial charge in [-0.3, -0.25) is 4.90 Å². The van der Waals surface area contributed by atoms with E-state index in [0.29, 0.717) is 5.02 Å². The van der Waals surface area contributed by atoms with Gasteiger partial charge in [0.15, 0.2) is 0 Å². The summed E-state index contributed by atoms with van der Waals surface area (Å²) in [6.45, 7) is 5.02. The van der Waals surface area contributed by atoms with E-state index in [4.69, 9.17) is 11.6 Å². The molecule has 1 saturated heterocycles. The molecule has 1 heterocycles. The van der Waals surface area contributed by atoms with Crippen LogP contribution in [-0.2, 0) is 6.54 Å². The van der Waals surface area contributed by atoms with Crippen LogP contribution in [-0.4, -0.2) is 36.2 Å². The number of nitrogens with zero attached hydrogens (tertiary/aromatic N) is 2. The summed E-state index contributed by atoms with van der Waals surface area (Å²) in [5.41, 5.74) is 2.44. The van der Waals surface area contributed by atoms with Gasteiger partial charge in [0.25, 0.3) is 0 Å². The van der Waals surface area contributed by atoms with Gasteiger partial charge in [0.2, 0.25) is 0 Å². The Morgan fingerprint density at radius 2 is 1.67 bits per heavy atom. The summed E-state index contributed by atoms with van der Waals surface area (Å²) >= 11 is 5.96. The number of piperazine rings is 1. The van der Waals surface area contributed by atoms with Gasteiger partial charge < -0.3 is 10.0 Å². The highest BCUT2D eigenvalue weighted by Gasteiger charge is 2.17. The van der Waals surface area contributed by atoms with Crippen LogP contribution in [0.25, 0.3) is 0 Å². The molecular formula is C17H19ClN2O. The summed E-state index contributed by atoms with van der Waals surface area (Å²) in [5.74, 6) is 0.148. The molecule has 0 atom stereocenters. The summed E-state index contributed by atoms with van der Waals surface area (Å²) in [6.07, 6.45) is 0. The lowest BCUT2D eigenvalue weighted by atomic mass is 10.2. The third-order valence-electron chi connectivity index (χ3n) is 3.91. The summed E-state index contributed by atoms with van der Waals surface area (Å²) in [7, 11) is 0. The lowest BCUT2D eigenvalue weighted by Crippen LogP contribution is -2.45. The Morgan fingerprint density at radius 1 is 0.952 bits per heavy atom. The lowest BCUT2D eigenvalue weighted by Gasteiger charge is -2.36. The van der Waals surface area contributed by atoms with E-state index in [1.165, 1.54) is 5.69 Å². The second-order valence-electron chi connectivity index (χ2n) is 5.38. The smallest absolute Gasteiger partial charge is 0.134 e. The van der Waals surface area contributed by atoms with E-state index >= 15 is 0 Å². The van der Waals surface area contributed by atoms with Crippen molar-refractivity contribution < 1.29 is 5.11 Å². The number of aromatic hydroxyl groups is 1. The molecule has 1 aliphatic heterocycles. The minimum absolute atomic E-state index is 0.148. The van der Waals surface area contributed by atoms with Crippen LogP contribution in [0.5, 0.6) is 5.75 Å². The number of benzene rings is 2. The van der Waals surface area contributed by atoms with Gasteiger partial charge in [-0.25, -0.2) is 0 Å². The first kappa shape index (κ1) is 14.2. The Kier molecular flexibility index (Phi) is 4.32. The molecule has 0 aliphatic carbocycles. The fourth-order valence-electron chi connectivity index (χ4n) is 2.71. The van der Waals surface area contributed by atoms with Crippen molar-refractivity contribution in [1.82, 2.24) is 4.90 Å². The van der Waals surface area contributed by atoms with E-state index in [-0.39, 0.29) is 5.75 Å². The molecule has 1 N–H and O–H groups in total. The third kappa shape index (κ3) is 3.49. The average molecular weight is 303 g/mol. The quantitative estimate of drug-likeness (QED) is 0.942. The number of para-hydroxylation sites is 1. The minimum Gasteiger partial charge on any atom is -0.506 e. The molecule has 1 aliphatic rings. The molecule has 2 aromatic rings. The van der Waals surface area contributed by atoms with Crippen LogP contribution in [0.1, 0.15) is 5.56 Å². The van der Waals surface area contributed by atoms with Crippen LogP contribution in [0.15, 0.2) is 48.5 Å². The van der Waals surface area contributed by atoms with Gasteiger partial charge in [0.05, 0.1) is 5.02 Å². The number of anilines is 1. The monoisotopic (exact) mass is 302 g/mol. The first-order chi connectivity index (χ1) is 10.2. The molecular weight excluding hydrogens is 284 g/mol. The summed E-state index contributed by atoms with van der Waals surface area (Å²) in [5, 5.41) is 9.88. The van der Waals surface area contributed by atoms with E-state index in [9.17, 15) is 5.11 Å². The normalized spacial score (nSPS) is 16.1. The molecule has 0 bridgehead atoms. The van der Waals surface area contributed by atoms with Gasteiger partial charge in [0, 0.05) is 38.4 Å². The Morgan fingerprint density at radius 3 is 2.33 bits per heavy atom. The van der Waals surface area contributed by atoms with Crippen molar-refractivity contribution in [3.05, 3.63) is 59.1 Å². The maximum absolute atomic E-state index is 9.46. The second-order valence-corrected chi connectivity index (χ2v) is 5.79. The molecule has 0 amide bonds. The molecule has 21 heavy (non-hydrogen) atoms. The van der Waals surface area contributed by atoms with Crippen LogP contribution >= 0.6 is 11.6 Å². The highest BCUT2D eigenvalue weighted by Crippen LogP contribution is 2.24. The first-order valence-electron chi connectivity index (χ1n) is 7.22. The van der Waals surface area contributed by atoms with Gasteiger partial charge in [-0.2, -0.15) is 0 Å². The van der Waals surface area contributed by atoms with E-state index in [1.54, 1.807) is 6.07 Å². The number of phenols is 1. The van der Waals surface area contributed by atoms with Crippen LogP contribution in [0, 0.1) is 0 Å². The topological polar surface area (TPSA) is 26.7 Å².